The van der Waals surface area contributed by atoms with E-state index in [1.807, 2.05) is 22.6 Å². The highest BCUT2D eigenvalue weighted by Crippen LogP contribution is 2.02. The fourth-order valence-electron chi connectivity index (χ4n) is 0.591. The van der Waals surface area contributed by atoms with E-state index in [-0.39, 0.29) is 5.43 Å². The number of H-pyrrole nitrogens is 1. The Morgan fingerprint density at radius 1 is 1.60 bits per heavy atom. The lowest BCUT2D eigenvalue weighted by Gasteiger charge is -1.96. The molecule has 0 saturated carbocycles. The zero-order chi connectivity index (χ0) is 7.56. The van der Waals surface area contributed by atoms with Crippen LogP contribution in [0.2, 0.25) is 0 Å². The van der Waals surface area contributed by atoms with Crippen LogP contribution in [0.5, 0.6) is 5.75 Å². The van der Waals surface area contributed by atoms with Crippen LogP contribution in [-0.4, -0.2) is 12.1 Å². The molecule has 0 aliphatic rings. The Labute approximate surface area is 71.6 Å². The molecule has 10 heavy (non-hydrogen) atoms. The molecule has 3 nitrogen and oxygen atoms in total. The van der Waals surface area contributed by atoms with Crippen LogP contribution in [-0.2, 0) is 0 Å². The topological polar surface area (TPSA) is 42.1 Å². The smallest absolute Gasteiger partial charge is 0.236 e. The van der Waals surface area contributed by atoms with Crippen molar-refractivity contribution in [3.05, 3.63) is 26.2 Å². The largest absolute Gasteiger partial charge is 0.491 e. The summed E-state index contributed by atoms with van der Waals surface area (Å²) in [7, 11) is 1.47. The van der Waals surface area contributed by atoms with Gasteiger partial charge in [0.2, 0.25) is 5.43 Å². The van der Waals surface area contributed by atoms with Crippen molar-refractivity contribution in [2.24, 2.45) is 0 Å². The van der Waals surface area contributed by atoms with Gasteiger partial charge in [-0.3, -0.25) is 4.79 Å². The summed E-state index contributed by atoms with van der Waals surface area (Å²) in [5.41, 5.74) is -0.0677. The van der Waals surface area contributed by atoms with Gasteiger partial charge < -0.3 is 9.72 Å². The highest BCUT2D eigenvalue weighted by atomic mass is 127. The Morgan fingerprint density at radius 3 is 2.80 bits per heavy atom. The Balaban J connectivity index is 3.28. The second kappa shape index (κ2) is 3.05. The normalized spacial score (nSPS) is 9.40. The van der Waals surface area contributed by atoms with E-state index in [0.717, 1.165) is 0 Å². The van der Waals surface area contributed by atoms with E-state index in [4.69, 9.17) is 4.74 Å². The van der Waals surface area contributed by atoms with Gasteiger partial charge in [0, 0.05) is 12.4 Å². The number of pyridine rings is 1. The summed E-state index contributed by atoms with van der Waals surface area (Å²) < 4.78 is 5.41. The van der Waals surface area contributed by atoms with Crippen molar-refractivity contribution in [3.8, 4) is 5.75 Å². The third-order valence-corrected chi connectivity index (χ3v) is 1.89. The maximum atomic E-state index is 11.0. The fraction of sp³-hybridized carbons (Fsp3) is 0.167. The van der Waals surface area contributed by atoms with Crippen LogP contribution in [0.3, 0.4) is 0 Å². The molecule has 0 amide bonds. The van der Waals surface area contributed by atoms with Gasteiger partial charge >= 0.3 is 0 Å². The molecule has 1 N–H and O–H groups in total. The molecule has 0 fully saturated rings. The van der Waals surface area contributed by atoms with Crippen LogP contribution >= 0.6 is 22.6 Å². The number of rotatable bonds is 1. The van der Waals surface area contributed by atoms with Crippen molar-refractivity contribution in [3.63, 3.8) is 0 Å². The van der Waals surface area contributed by atoms with E-state index in [1.165, 1.54) is 13.3 Å². The molecule has 1 aromatic rings. The molecular weight excluding hydrogens is 245 g/mol. The van der Waals surface area contributed by atoms with Gasteiger partial charge in [-0.05, 0) is 22.6 Å². The fourth-order valence-corrected chi connectivity index (χ4v) is 1.04. The van der Waals surface area contributed by atoms with Gasteiger partial charge in [-0.15, -0.1) is 0 Å². The van der Waals surface area contributed by atoms with Crippen molar-refractivity contribution < 1.29 is 4.74 Å². The minimum atomic E-state index is -0.0677. The molecule has 0 radical (unpaired) electrons. The Bertz CT molecular complexity index is 281. The van der Waals surface area contributed by atoms with Gasteiger partial charge in [-0.2, -0.15) is 0 Å². The number of nitrogens with one attached hydrogen (secondary N) is 1. The van der Waals surface area contributed by atoms with Gasteiger partial charge in [-0.1, -0.05) is 0 Å². The Kier molecular flexibility index (Phi) is 2.31. The van der Waals surface area contributed by atoms with Gasteiger partial charge in [0.25, 0.3) is 0 Å². The summed E-state index contributed by atoms with van der Waals surface area (Å²) >= 11 is 1.95. The highest BCUT2D eigenvalue weighted by molar-refractivity contribution is 14.1. The van der Waals surface area contributed by atoms with Crippen molar-refractivity contribution in [1.29, 1.82) is 0 Å². The molecule has 0 aliphatic heterocycles. The zero-order valence-electron chi connectivity index (χ0n) is 5.35. The number of halogens is 1. The molecule has 0 saturated heterocycles. The van der Waals surface area contributed by atoms with Crippen molar-refractivity contribution in [2.75, 3.05) is 7.11 Å². The van der Waals surface area contributed by atoms with E-state index in [1.54, 1.807) is 6.20 Å². The molecule has 0 aliphatic carbocycles. The lowest BCUT2D eigenvalue weighted by Crippen LogP contribution is -2.08. The number of methoxy groups -OCH3 is 1. The van der Waals surface area contributed by atoms with Gasteiger partial charge in [0.1, 0.15) is 0 Å². The Morgan fingerprint density at radius 2 is 2.30 bits per heavy atom. The quantitative estimate of drug-likeness (QED) is 0.756. The first kappa shape index (κ1) is 7.59. The lowest BCUT2D eigenvalue weighted by molar-refractivity contribution is 0.408. The van der Waals surface area contributed by atoms with Crippen molar-refractivity contribution in [1.82, 2.24) is 4.98 Å². The van der Waals surface area contributed by atoms with Crippen molar-refractivity contribution >= 4 is 22.6 Å². The van der Waals surface area contributed by atoms with Gasteiger partial charge in [0.05, 0.1) is 10.7 Å². The second-order valence-electron chi connectivity index (χ2n) is 1.70. The number of aromatic amines is 1. The third kappa shape index (κ3) is 1.31. The minimum Gasteiger partial charge on any atom is -0.491 e. The summed E-state index contributed by atoms with van der Waals surface area (Å²) in [6.45, 7) is 0. The zero-order valence-corrected chi connectivity index (χ0v) is 7.51. The number of hydrogen-bond donors (Lipinski definition) is 1. The number of aromatic nitrogens is 1. The molecule has 0 bridgehead atoms. The summed E-state index contributed by atoms with van der Waals surface area (Å²) in [5, 5.41) is 0. The molecule has 1 rings (SSSR count). The van der Waals surface area contributed by atoms with E-state index >= 15 is 0 Å². The maximum Gasteiger partial charge on any atom is 0.236 e. The van der Waals surface area contributed by atoms with E-state index in [2.05, 4.69) is 4.98 Å². The molecule has 0 spiro atoms. The monoisotopic (exact) mass is 251 g/mol. The first-order valence-corrected chi connectivity index (χ1v) is 3.74. The maximum absolute atomic E-state index is 11.0. The average Bonchev–Trinajstić information content (AvgIpc) is 1.95. The van der Waals surface area contributed by atoms with Crippen LogP contribution in [0.4, 0.5) is 0 Å². The molecule has 4 heteroatoms. The molecule has 0 aromatic carbocycles. The number of hydrogen-bond acceptors (Lipinski definition) is 2. The van der Waals surface area contributed by atoms with Crippen molar-refractivity contribution in [2.45, 2.75) is 0 Å². The van der Waals surface area contributed by atoms with Gasteiger partial charge in [0.15, 0.2) is 5.75 Å². The minimum absolute atomic E-state index is 0.0677. The molecule has 54 valence electrons. The van der Waals surface area contributed by atoms with E-state index in [0.29, 0.717) is 9.32 Å². The molecule has 1 heterocycles. The van der Waals surface area contributed by atoms with Crippen LogP contribution in [0.1, 0.15) is 0 Å². The number of ether oxygens (including phenoxy) is 1. The van der Waals surface area contributed by atoms with E-state index < -0.39 is 0 Å². The molecule has 0 unspecified atom stereocenters. The Hall–Kier alpha value is -0.520. The van der Waals surface area contributed by atoms with Crippen LogP contribution in [0.15, 0.2) is 17.2 Å². The summed E-state index contributed by atoms with van der Waals surface area (Å²) in [4.78, 5) is 13.8. The molecule has 0 atom stereocenters. The summed E-state index contributed by atoms with van der Waals surface area (Å²) in [5.74, 6) is 0.354. The summed E-state index contributed by atoms with van der Waals surface area (Å²) in [6, 6.07) is 0. The first-order valence-electron chi connectivity index (χ1n) is 2.66. The molecular formula is C6H6INO2. The van der Waals surface area contributed by atoms with Crippen LogP contribution < -0.4 is 10.2 Å². The van der Waals surface area contributed by atoms with Crippen LogP contribution in [0, 0.1) is 3.57 Å². The average molecular weight is 251 g/mol. The molecule has 1 aromatic heterocycles. The standard InChI is InChI=1S/C6H6INO2/c1-10-5-3-8-2-4(7)6(5)9/h2-3H,1H3,(H,8,9). The van der Waals surface area contributed by atoms with Crippen LogP contribution in [0.25, 0.3) is 0 Å². The SMILES string of the molecule is COc1c[nH]cc(I)c1=O. The first-order chi connectivity index (χ1) is 4.75. The van der Waals surface area contributed by atoms with Gasteiger partial charge in [-0.25, -0.2) is 0 Å². The highest BCUT2D eigenvalue weighted by Gasteiger charge is 1.99. The van der Waals surface area contributed by atoms with E-state index in [9.17, 15) is 4.79 Å². The lowest BCUT2D eigenvalue weighted by atomic mass is 10.4. The summed E-state index contributed by atoms with van der Waals surface area (Å²) in [6.07, 6.45) is 3.16. The third-order valence-electron chi connectivity index (χ3n) is 1.09. The predicted molar refractivity (Wildman–Crippen MR) is 46.3 cm³/mol. The predicted octanol–water partition coefficient (Wildman–Crippen LogP) is 0.988. The second-order valence-corrected chi connectivity index (χ2v) is 2.86.